The Labute approximate surface area is 97.7 Å². The molecular formula is C12H12N2O3. The maximum Gasteiger partial charge on any atom is 0.211 e. The van der Waals surface area contributed by atoms with Crippen molar-refractivity contribution >= 4 is 11.6 Å². The molecule has 0 bridgehead atoms. The average molecular weight is 232 g/mol. The summed E-state index contributed by atoms with van der Waals surface area (Å²) in [6.07, 6.45) is 1.38. The largest absolute Gasteiger partial charge is 0.392 e. The van der Waals surface area contributed by atoms with Gasteiger partial charge in [0.25, 0.3) is 0 Å². The zero-order valence-electron chi connectivity index (χ0n) is 9.41. The maximum atomic E-state index is 12.2. The molecule has 0 amide bonds. The van der Waals surface area contributed by atoms with Crippen LogP contribution in [0, 0.1) is 6.92 Å². The molecule has 3 rings (SSSR count). The van der Waals surface area contributed by atoms with Crippen molar-refractivity contribution in [2.75, 3.05) is 13.1 Å². The lowest BCUT2D eigenvalue weighted by atomic mass is 9.95. The second kappa shape index (κ2) is 3.30. The van der Waals surface area contributed by atoms with Crippen LogP contribution in [0.5, 0.6) is 0 Å². The van der Waals surface area contributed by atoms with Gasteiger partial charge in [0.2, 0.25) is 11.6 Å². The minimum atomic E-state index is -0.232. The summed E-state index contributed by atoms with van der Waals surface area (Å²) in [6.45, 7) is 3.15. The fourth-order valence-corrected chi connectivity index (χ4v) is 2.21. The lowest BCUT2D eigenvalue weighted by Gasteiger charge is -2.13. The van der Waals surface area contributed by atoms with Crippen molar-refractivity contribution in [2.24, 2.45) is 0 Å². The van der Waals surface area contributed by atoms with E-state index < -0.39 is 0 Å². The molecule has 2 heterocycles. The van der Waals surface area contributed by atoms with Crippen LogP contribution < -0.4 is 0 Å². The molecule has 1 aliphatic heterocycles. The molecule has 2 aliphatic rings. The summed E-state index contributed by atoms with van der Waals surface area (Å²) in [7, 11) is 0. The van der Waals surface area contributed by atoms with Crippen LogP contribution in [0.4, 0.5) is 0 Å². The van der Waals surface area contributed by atoms with Gasteiger partial charge in [-0.3, -0.25) is 9.59 Å². The predicted molar refractivity (Wildman–Crippen MR) is 59.8 cm³/mol. The van der Waals surface area contributed by atoms with Gasteiger partial charge in [-0.05, 0) is 6.92 Å². The standard InChI is InChI=1S/C12H12N2O3/c1-6-7(5-15)10-11(13-6)9(16)4-8(12(10)17)14-2-3-14/h4,13,15H,2-3,5H2,1H3. The first-order chi connectivity index (χ1) is 8.13. The normalized spacial score (nSPS) is 18.2. The Morgan fingerprint density at radius 1 is 1.41 bits per heavy atom. The number of H-pyrrole nitrogens is 1. The van der Waals surface area contributed by atoms with Gasteiger partial charge in [0.05, 0.1) is 23.6 Å². The number of carbonyl (C=O) groups is 2. The Morgan fingerprint density at radius 3 is 2.71 bits per heavy atom. The zero-order chi connectivity index (χ0) is 12.2. The lowest BCUT2D eigenvalue weighted by molar-refractivity contribution is 0.0966. The Hall–Kier alpha value is -1.88. The fourth-order valence-electron chi connectivity index (χ4n) is 2.21. The number of Topliss-reactive ketones (excluding diaryl/α,β-unsaturated/α-hetero) is 1. The molecule has 0 aromatic carbocycles. The topological polar surface area (TPSA) is 73.2 Å². The number of aromatic nitrogens is 1. The van der Waals surface area contributed by atoms with Crippen LogP contribution in [-0.2, 0) is 6.61 Å². The molecule has 0 saturated carbocycles. The second-order valence-electron chi connectivity index (χ2n) is 4.35. The third-order valence-electron chi connectivity index (χ3n) is 3.24. The van der Waals surface area contributed by atoms with Gasteiger partial charge in [0, 0.05) is 30.4 Å². The molecule has 0 spiro atoms. The summed E-state index contributed by atoms with van der Waals surface area (Å²) in [5.74, 6) is -0.352. The zero-order valence-corrected chi connectivity index (χ0v) is 9.41. The van der Waals surface area contributed by atoms with Crippen LogP contribution in [0.15, 0.2) is 11.8 Å². The van der Waals surface area contributed by atoms with E-state index in [1.54, 1.807) is 6.92 Å². The molecule has 1 fully saturated rings. The number of hydrogen-bond donors (Lipinski definition) is 2. The number of nitrogens with one attached hydrogen (secondary N) is 1. The van der Waals surface area contributed by atoms with Crippen LogP contribution in [0.25, 0.3) is 0 Å². The highest BCUT2D eigenvalue weighted by molar-refractivity contribution is 6.24. The second-order valence-corrected chi connectivity index (χ2v) is 4.35. The van der Waals surface area contributed by atoms with Crippen LogP contribution in [0.3, 0.4) is 0 Å². The highest BCUT2D eigenvalue weighted by Crippen LogP contribution is 2.30. The summed E-state index contributed by atoms with van der Waals surface area (Å²) < 4.78 is 0. The minimum Gasteiger partial charge on any atom is -0.392 e. The van der Waals surface area contributed by atoms with Crippen molar-refractivity contribution in [2.45, 2.75) is 13.5 Å². The Morgan fingerprint density at radius 2 is 2.12 bits per heavy atom. The van der Waals surface area contributed by atoms with Crippen molar-refractivity contribution < 1.29 is 14.7 Å². The van der Waals surface area contributed by atoms with Gasteiger partial charge in [0.1, 0.15) is 0 Å². The summed E-state index contributed by atoms with van der Waals surface area (Å²) >= 11 is 0. The number of carbonyl (C=O) groups excluding carboxylic acids is 2. The molecule has 1 saturated heterocycles. The quantitative estimate of drug-likeness (QED) is 0.724. The summed E-state index contributed by atoms with van der Waals surface area (Å²) in [5.41, 5.74) is 2.32. The number of aromatic amines is 1. The van der Waals surface area contributed by atoms with Crippen molar-refractivity contribution in [3.63, 3.8) is 0 Å². The van der Waals surface area contributed by atoms with Gasteiger partial charge in [-0.25, -0.2) is 0 Å². The molecule has 88 valence electrons. The van der Waals surface area contributed by atoms with E-state index in [-0.39, 0.29) is 18.2 Å². The summed E-state index contributed by atoms with van der Waals surface area (Å²) in [4.78, 5) is 28.9. The van der Waals surface area contributed by atoms with Gasteiger partial charge in [-0.1, -0.05) is 0 Å². The van der Waals surface area contributed by atoms with Crippen molar-refractivity contribution in [1.29, 1.82) is 0 Å². The lowest BCUT2D eigenvalue weighted by Crippen LogP contribution is -2.21. The number of aryl methyl sites for hydroxylation is 1. The number of ketones is 2. The Kier molecular flexibility index (Phi) is 2.00. The van der Waals surface area contributed by atoms with E-state index in [0.29, 0.717) is 28.2 Å². The molecule has 0 atom stereocenters. The van der Waals surface area contributed by atoms with E-state index in [4.69, 9.17) is 0 Å². The Bertz CT molecular complexity index is 565. The monoisotopic (exact) mass is 232 g/mol. The highest BCUT2D eigenvalue weighted by atomic mass is 16.3. The molecule has 17 heavy (non-hydrogen) atoms. The van der Waals surface area contributed by atoms with E-state index in [0.717, 1.165) is 13.1 Å². The smallest absolute Gasteiger partial charge is 0.211 e. The van der Waals surface area contributed by atoms with E-state index in [2.05, 4.69) is 4.98 Å². The first kappa shape index (κ1) is 10.3. The predicted octanol–water partition coefficient (Wildman–Crippen LogP) is 0.394. The van der Waals surface area contributed by atoms with Crippen LogP contribution in [0.1, 0.15) is 32.1 Å². The SMILES string of the molecule is Cc1[nH]c2c(c1CO)C(=O)C(N1CC1)=CC2=O. The fraction of sp³-hybridized carbons (Fsp3) is 0.333. The molecule has 1 aromatic rings. The van der Waals surface area contributed by atoms with E-state index in [9.17, 15) is 14.7 Å². The van der Waals surface area contributed by atoms with Crippen LogP contribution in [0.2, 0.25) is 0 Å². The third-order valence-corrected chi connectivity index (χ3v) is 3.24. The van der Waals surface area contributed by atoms with E-state index >= 15 is 0 Å². The first-order valence-corrected chi connectivity index (χ1v) is 5.51. The number of rotatable bonds is 2. The Balaban J connectivity index is 2.17. The van der Waals surface area contributed by atoms with E-state index in [1.807, 2.05) is 4.90 Å². The number of aliphatic hydroxyl groups is 1. The van der Waals surface area contributed by atoms with Crippen molar-refractivity contribution in [3.8, 4) is 0 Å². The van der Waals surface area contributed by atoms with Crippen LogP contribution in [-0.4, -0.2) is 39.6 Å². The van der Waals surface area contributed by atoms with Gasteiger partial charge in [0.15, 0.2) is 0 Å². The maximum absolute atomic E-state index is 12.2. The van der Waals surface area contributed by atoms with Gasteiger partial charge >= 0.3 is 0 Å². The number of allylic oxidation sites excluding steroid dienone is 2. The number of aliphatic hydroxyl groups excluding tert-OH is 1. The summed E-state index contributed by atoms with van der Waals surface area (Å²) in [6, 6.07) is 0. The van der Waals surface area contributed by atoms with Crippen molar-refractivity contribution in [1.82, 2.24) is 9.88 Å². The molecule has 5 nitrogen and oxygen atoms in total. The number of nitrogens with zero attached hydrogens (tertiary/aromatic N) is 1. The molecule has 1 aromatic heterocycles. The van der Waals surface area contributed by atoms with Gasteiger partial charge < -0.3 is 15.0 Å². The molecule has 1 aliphatic carbocycles. The van der Waals surface area contributed by atoms with Gasteiger partial charge in [-0.15, -0.1) is 0 Å². The molecule has 0 radical (unpaired) electrons. The average Bonchev–Trinajstić information content (AvgIpc) is 3.06. The third kappa shape index (κ3) is 1.36. The molecule has 2 N–H and O–H groups in total. The van der Waals surface area contributed by atoms with Crippen molar-refractivity contribution in [3.05, 3.63) is 34.3 Å². The molecule has 5 heteroatoms. The molecular weight excluding hydrogens is 220 g/mol. The number of fused-ring (bicyclic) bond motifs is 1. The van der Waals surface area contributed by atoms with E-state index in [1.165, 1.54) is 6.08 Å². The molecule has 0 unspecified atom stereocenters. The van der Waals surface area contributed by atoms with Gasteiger partial charge in [-0.2, -0.15) is 0 Å². The van der Waals surface area contributed by atoms with Crippen LogP contribution >= 0.6 is 0 Å². The first-order valence-electron chi connectivity index (χ1n) is 5.51. The minimum absolute atomic E-state index is 0.162. The number of hydrogen-bond acceptors (Lipinski definition) is 4. The highest BCUT2D eigenvalue weighted by Gasteiger charge is 2.36. The summed E-state index contributed by atoms with van der Waals surface area (Å²) in [5, 5.41) is 9.29.